The number of nitrogens with one attached hydrogen (secondary N) is 1. The van der Waals surface area contributed by atoms with Crippen LogP contribution in [0.2, 0.25) is 0 Å². The first-order valence-electron chi connectivity index (χ1n) is 7.20. The van der Waals surface area contributed by atoms with Gasteiger partial charge in [0.15, 0.2) is 18.5 Å². The maximum absolute atomic E-state index is 11.5. The van der Waals surface area contributed by atoms with Crippen LogP contribution in [0, 0.1) is 0 Å². The van der Waals surface area contributed by atoms with Crippen LogP contribution in [-0.2, 0) is 38.1 Å². The van der Waals surface area contributed by atoms with E-state index < -0.39 is 54.5 Å². The summed E-state index contributed by atoms with van der Waals surface area (Å²) in [6.07, 6.45) is -5.11. The SMILES string of the molecule is CC(=O)N[C@H]1[C@H](OC(C)=O)[C@@H](O)O[C@H](COC(C)=O)[C@H]1OC(C)=O. The minimum atomic E-state index is -1.61. The second kappa shape index (κ2) is 8.60. The minimum absolute atomic E-state index is 0.326. The number of hydrogen-bond acceptors (Lipinski definition) is 9. The molecule has 1 heterocycles. The Morgan fingerprint density at radius 2 is 1.50 bits per heavy atom. The number of ether oxygens (including phenoxy) is 4. The van der Waals surface area contributed by atoms with Gasteiger partial charge in [0.05, 0.1) is 0 Å². The standard InChI is InChI=1S/C14H21NO9/c1-6(16)15-11-12(22-8(3)18)10(5-21-7(2)17)24-14(20)13(11)23-9(4)19/h10-14,20H,5H2,1-4H3,(H,15,16)/t10-,11-,12-,13+,14+/m1/s1. The normalized spacial score (nSPS) is 29.3. The first-order chi connectivity index (χ1) is 11.1. The molecule has 5 atom stereocenters. The van der Waals surface area contributed by atoms with Gasteiger partial charge in [-0.15, -0.1) is 0 Å². The summed E-state index contributed by atoms with van der Waals surface area (Å²) in [5, 5.41) is 12.5. The summed E-state index contributed by atoms with van der Waals surface area (Å²) in [7, 11) is 0. The molecule has 1 fully saturated rings. The molecule has 0 aliphatic carbocycles. The highest BCUT2D eigenvalue weighted by Gasteiger charge is 2.50. The zero-order chi connectivity index (χ0) is 18.4. The molecular formula is C14H21NO9. The van der Waals surface area contributed by atoms with E-state index in [1.54, 1.807) is 0 Å². The number of carbonyl (C=O) groups is 4. The molecule has 0 spiro atoms. The number of hydrogen-bond donors (Lipinski definition) is 2. The van der Waals surface area contributed by atoms with Crippen molar-refractivity contribution in [2.45, 2.75) is 58.3 Å². The van der Waals surface area contributed by atoms with E-state index in [0.717, 1.165) is 13.8 Å². The van der Waals surface area contributed by atoms with Crippen molar-refractivity contribution in [1.29, 1.82) is 0 Å². The predicted molar refractivity (Wildman–Crippen MR) is 76.2 cm³/mol. The fourth-order valence-corrected chi connectivity index (χ4v) is 2.33. The molecule has 0 saturated carbocycles. The van der Waals surface area contributed by atoms with Gasteiger partial charge in [-0.25, -0.2) is 0 Å². The van der Waals surface area contributed by atoms with E-state index in [4.69, 9.17) is 18.9 Å². The van der Waals surface area contributed by atoms with E-state index in [9.17, 15) is 24.3 Å². The lowest BCUT2D eigenvalue weighted by Gasteiger charge is -2.43. The van der Waals surface area contributed by atoms with Crippen LogP contribution in [0.5, 0.6) is 0 Å². The number of carbonyl (C=O) groups excluding carboxylic acids is 4. The van der Waals surface area contributed by atoms with Gasteiger partial charge < -0.3 is 29.4 Å². The monoisotopic (exact) mass is 347 g/mol. The molecule has 0 aromatic rings. The van der Waals surface area contributed by atoms with Crippen molar-refractivity contribution in [3.8, 4) is 0 Å². The van der Waals surface area contributed by atoms with Crippen LogP contribution in [0.3, 0.4) is 0 Å². The summed E-state index contributed by atoms with van der Waals surface area (Å²) in [6.45, 7) is 4.31. The summed E-state index contributed by atoms with van der Waals surface area (Å²) in [5.74, 6) is -2.52. The van der Waals surface area contributed by atoms with Gasteiger partial charge in [0.1, 0.15) is 18.8 Å². The fraction of sp³-hybridized carbons (Fsp3) is 0.714. The van der Waals surface area contributed by atoms with E-state index in [2.05, 4.69) is 5.32 Å². The van der Waals surface area contributed by atoms with Crippen molar-refractivity contribution < 1.29 is 43.2 Å². The molecular weight excluding hydrogens is 326 g/mol. The van der Waals surface area contributed by atoms with Gasteiger partial charge in [0, 0.05) is 27.7 Å². The van der Waals surface area contributed by atoms with Gasteiger partial charge in [-0.2, -0.15) is 0 Å². The lowest BCUT2D eigenvalue weighted by molar-refractivity contribution is -0.271. The van der Waals surface area contributed by atoms with Crippen LogP contribution in [0.4, 0.5) is 0 Å². The van der Waals surface area contributed by atoms with Crippen molar-refractivity contribution in [3.63, 3.8) is 0 Å². The quantitative estimate of drug-likeness (QED) is 0.456. The molecule has 1 amide bonds. The Morgan fingerprint density at radius 1 is 0.958 bits per heavy atom. The van der Waals surface area contributed by atoms with Crippen LogP contribution in [0.1, 0.15) is 27.7 Å². The smallest absolute Gasteiger partial charge is 0.303 e. The molecule has 1 aliphatic rings. The largest absolute Gasteiger partial charge is 0.463 e. The first-order valence-corrected chi connectivity index (χ1v) is 7.20. The van der Waals surface area contributed by atoms with Crippen molar-refractivity contribution >= 4 is 23.8 Å². The summed E-state index contributed by atoms with van der Waals surface area (Å²) in [6, 6.07) is -1.08. The zero-order valence-corrected chi connectivity index (χ0v) is 13.8. The van der Waals surface area contributed by atoms with Gasteiger partial charge in [0.2, 0.25) is 5.91 Å². The Hall–Kier alpha value is -2.20. The highest BCUT2D eigenvalue weighted by atomic mass is 16.7. The average molecular weight is 347 g/mol. The molecule has 1 rings (SSSR count). The van der Waals surface area contributed by atoms with Crippen LogP contribution in [0.15, 0.2) is 0 Å². The molecule has 10 heteroatoms. The number of amides is 1. The van der Waals surface area contributed by atoms with Crippen molar-refractivity contribution in [2.24, 2.45) is 0 Å². The van der Waals surface area contributed by atoms with E-state index in [1.807, 2.05) is 0 Å². The van der Waals surface area contributed by atoms with E-state index in [0.29, 0.717) is 0 Å². The van der Waals surface area contributed by atoms with Crippen LogP contribution in [0.25, 0.3) is 0 Å². The molecule has 0 bridgehead atoms. The summed E-state index contributed by atoms with van der Waals surface area (Å²) in [5.41, 5.74) is 0. The Labute approximate surface area is 138 Å². The van der Waals surface area contributed by atoms with Gasteiger partial charge >= 0.3 is 17.9 Å². The lowest BCUT2D eigenvalue weighted by Crippen LogP contribution is -2.66. The van der Waals surface area contributed by atoms with Crippen LogP contribution in [-0.4, -0.2) is 66.2 Å². The predicted octanol–water partition coefficient (Wildman–Crippen LogP) is -1.37. The third kappa shape index (κ3) is 5.78. The molecule has 1 aliphatic heterocycles. The average Bonchev–Trinajstić information content (AvgIpc) is 2.42. The maximum Gasteiger partial charge on any atom is 0.303 e. The van der Waals surface area contributed by atoms with E-state index in [-0.39, 0.29) is 6.61 Å². The third-order valence-corrected chi connectivity index (χ3v) is 3.09. The molecule has 0 unspecified atom stereocenters. The number of esters is 3. The van der Waals surface area contributed by atoms with Crippen LogP contribution < -0.4 is 5.32 Å². The molecule has 0 radical (unpaired) electrons. The molecule has 10 nitrogen and oxygen atoms in total. The van der Waals surface area contributed by atoms with E-state index in [1.165, 1.54) is 13.8 Å². The Bertz CT molecular complexity index is 506. The third-order valence-electron chi connectivity index (χ3n) is 3.09. The lowest BCUT2D eigenvalue weighted by atomic mass is 9.95. The summed E-state index contributed by atoms with van der Waals surface area (Å²) in [4.78, 5) is 45.0. The zero-order valence-electron chi connectivity index (χ0n) is 13.8. The number of aliphatic hydroxyl groups is 1. The van der Waals surface area contributed by atoms with Crippen molar-refractivity contribution in [1.82, 2.24) is 5.32 Å². The molecule has 24 heavy (non-hydrogen) atoms. The topological polar surface area (TPSA) is 137 Å². The Kier molecular flexibility index (Phi) is 7.11. The molecule has 1 saturated heterocycles. The van der Waals surface area contributed by atoms with Crippen molar-refractivity contribution in [3.05, 3.63) is 0 Å². The Morgan fingerprint density at radius 3 is 1.96 bits per heavy atom. The first kappa shape index (κ1) is 19.8. The summed E-state index contributed by atoms with van der Waals surface area (Å²) < 4.78 is 20.2. The van der Waals surface area contributed by atoms with Crippen molar-refractivity contribution in [2.75, 3.05) is 6.61 Å². The van der Waals surface area contributed by atoms with Gasteiger partial charge in [-0.1, -0.05) is 0 Å². The van der Waals surface area contributed by atoms with Gasteiger partial charge in [-0.05, 0) is 0 Å². The highest BCUT2D eigenvalue weighted by Crippen LogP contribution is 2.25. The minimum Gasteiger partial charge on any atom is -0.463 e. The number of aliphatic hydroxyl groups excluding tert-OH is 1. The van der Waals surface area contributed by atoms with E-state index >= 15 is 0 Å². The molecule has 0 aromatic carbocycles. The molecule has 0 aromatic heterocycles. The number of rotatable bonds is 5. The molecule has 2 N–H and O–H groups in total. The fourth-order valence-electron chi connectivity index (χ4n) is 2.33. The van der Waals surface area contributed by atoms with Gasteiger partial charge in [0.25, 0.3) is 0 Å². The van der Waals surface area contributed by atoms with Gasteiger partial charge in [-0.3, -0.25) is 19.2 Å². The highest BCUT2D eigenvalue weighted by molar-refractivity contribution is 5.74. The maximum atomic E-state index is 11.5. The molecule has 136 valence electrons. The second-order valence-corrected chi connectivity index (χ2v) is 5.24. The summed E-state index contributed by atoms with van der Waals surface area (Å²) >= 11 is 0. The second-order valence-electron chi connectivity index (χ2n) is 5.24. The van der Waals surface area contributed by atoms with Crippen LogP contribution >= 0.6 is 0 Å². The Balaban J connectivity index is 3.11.